The molecule has 2 rings (SSSR count). The average Bonchev–Trinajstić information content (AvgIpc) is 2.56. The van der Waals surface area contributed by atoms with Gasteiger partial charge in [-0.2, -0.15) is 0 Å². The molecule has 0 saturated carbocycles. The lowest BCUT2D eigenvalue weighted by atomic mass is 10.1. The van der Waals surface area contributed by atoms with Crippen molar-refractivity contribution in [2.24, 2.45) is 0 Å². The summed E-state index contributed by atoms with van der Waals surface area (Å²) in [5.41, 5.74) is 1.82. The lowest BCUT2D eigenvalue weighted by Gasteiger charge is -2.08. The molecule has 0 bridgehead atoms. The maximum absolute atomic E-state index is 13.6. The maximum atomic E-state index is 13.6. The van der Waals surface area contributed by atoms with Crippen LogP contribution in [-0.4, -0.2) is 19.7 Å². The van der Waals surface area contributed by atoms with E-state index in [1.54, 1.807) is 50.4 Å². The number of halogens is 1. The van der Waals surface area contributed by atoms with E-state index in [-0.39, 0.29) is 11.8 Å². The van der Waals surface area contributed by atoms with Crippen LogP contribution in [0.2, 0.25) is 0 Å². The molecule has 0 spiro atoms. The van der Waals surface area contributed by atoms with Crippen LogP contribution in [0, 0.1) is 5.82 Å². The number of methoxy groups -OCH3 is 1. The first-order chi connectivity index (χ1) is 11.2. The van der Waals surface area contributed by atoms with Gasteiger partial charge in [0.2, 0.25) is 0 Å². The number of carbonyl (C=O) groups is 1. The highest BCUT2D eigenvalue weighted by molar-refractivity contribution is 5.90. The van der Waals surface area contributed by atoms with E-state index in [9.17, 15) is 9.18 Å². The Morgan fingerprint density at radius 2 is 2.00 bits per heavy atom. The van der Waals surface area contributed by atoms with Gasteiger partial charge in [0.1, 0.15) is 11.6 Å². The molecule has 0 atom stereocenters. The first-order valence-electron chi connectivity index (χ1n) is 7.40. The van der Waals surface area contributed by atoms with Gasteiger partial charge in [0.25, 0.3) is 0 Å². The zero-order valence-corrected chi connectivity index (χ0v) is 13.2. The van der Waals surface area contributed by atoms with Crippen molar-refractivity contribution < 1.29 is 18.7 Å². The van der Waals surface area contributed by atoms with Gasteiger partial charge in [0.15, 0.2) is 0 Å². The number of carbonyl (C=O) groups excluding carboxylic acids is 1. The second-order valence-corrected chi connectivity index (χ2v) is 4.88. The zero-order chi connectivity index (χ0) is 16.7. The summed E-state index contributed by atoms with van der Waals surface area (Å²) in [6, 6.07) is 11.7. The number of hydrogen-bond acceptors (Lipinski definition) is 3. The predicted octanol–water partition coefficient (Wildman–Crippen LogP) is 4.27. The molecule has 0 aromatic heterocycles. The van der Waals surface area contributed by atoms with Crippen LogP contribution >= 0.6 is 0 Å². The Bertz CT molecular complexity index is 708. The van der Waals surface area contributed by atoms with Gasteiger partial charge in [0.05, 0.1) is 19.3 Å². The second kappa shape index (κ2) is 8.13. The molecule has 0 aliphatic carbocycles. The largest absolute Gasteiger partial charge is 0.496 e. The minimum Gasteiger partial charge on any atom is -0.496 e. The summed E-state index contributed by atoms with van der Waals surface area (Å²) in [5.74, 6) is 0.0335. The van der Waals surface area contributed by atoms with Crippen molar-refractivity contribution in [1.29, 1.82) is 0 Å². The number of esters is 1. The number of allylic oxidation sites excluding steroid dienone is 1. The third-order valence-electron chi connectivity index (χ3n) is 3.33. The van der Waals surface area contributed by atoms with Gasteiger partial charge in [-0.1, -0.05) is 30.4 Å². The van der Waals surface area contributed by atoms with Crippen molar-refractivity contribution in [1.82, 2.24) is 0 Å². The molecule has 0 aliphatic rings. The van der Waals surface area contributed by atoms with E-state index < -0.39 is 0 Å². The third kappa shape index (κ3) is 4.42. The van der Waals surface area contributed by atoms with Gasteiger partial charge in [-0.25, -0.2) is 9.18 Å². The lowest BCUT2D eigenvalue weighted by Crippen LogP contribution is -2.05. The Labute approximate surface area is 135 Å². The molecule has 23 heavy (non-hydrogen) atoms. The van der Waals surface area contributed by atoms with Gasteiger partial charge in [-0.3, -0.25) is 0 Å². The number of rotatable bonds is 6. The Balaban J connectivity index is 2.20. The fourth-order valence-electron chi connectivity index (χ4n) is 2.18. The van der Waals surface area contributed by atoms with Crippen LogP contribution in [0.3, 0.4) is 0 Å². The van der Waals surface area contributed by atoms with Gasteiger partial charge >= 0.3 is 5.97 Å². The molecule has 0 unspecified atom stereocenters. The predicted molar refractivity (Wildman–Crippen MR) is 88.1 cm³/mol. The van der Waals surface area contributed by atoms with Crippen molar-refractivity contribution in [3.63, 3.8) is 0 Å². The van der Waals surface area contributed by atoms with Crippen LogP contribution in [-0.2, 0) is 11.2 Å². The van der Waals surface area contributed by atoms with Crippen LogP contribution in [0.1, 0.15) is 28.4 Å². The molecular formula is C19H19FO3. The maximum Gasteiger partial charge on any atom is 0.338 e. The first kappa shape index (κ1) is 16.7. The van der Waals surface area contributed by atoms with E-state index in [1.165, 1.54) is 6.07 Å². The van der Waals surface area contributed by atoms with Gasteiger partial charge in [-0.05, 0) is 43.2 Å². The molecule has 120 valence electrons. The average molecular weight is 314 g/mol. The zero-order valence-electron chi connectivity index (χ0n) is 13.2. The van der Waals surface area contributed by atoms with E-state index >= 15 is 0 Å². The highest BCUT2D eigenvalue weighted by Gasteiger charge is 2.09. The fourth-order valence-corrected chi connectivity index (χ4v) is 2.18. The summed E-state index contributed by atoms with van der Waals surface area (Å²) in [5, 5.41) is 0. The van der Waals surface area contributed by atoms with Crippen molar-refractivity contribution >= 4 is 12.0 Å². The molecular weight excluding hydrogens is 295 g/mol. The van der Waals surface area contributed by atoms with Gasteiger partial charge < -0.3 is 9.47 Å². The van der Waals surface area contributed by atoms with Crippen LogP contribution in [0.25, 0.3) is 6.08 Å². The summed E-state index contributed by atoms with van der Waals surface area (Å²) in [4.78, 5) is 11.8. The summed E-state index contributed by atoms with van der Waals surface area (Å²) >= 11 is 0. The molecule has 0 fully saturated rings. The highest BCUT2D eigenvalue weighted by Crippen LogP contribution is 2.22. The highest BCUT2D eigenvalue weighted by atomic mass is 19.1. The third-order valence-corrected chi connectivity index (χ3v) is 3.33. The van der Waals surface area contributed by atoms with E-state index in [2.05, 4.69) is 0 Å². The number of ether oxygens (including phenoxy) is 2. The molecule has 0 aliphatic heterocycles. The van der Waals surface area contributed by atoms with Gasteiger partial charge in [0, 0.05) is 5.56 Å². The van der Waals surface area contributed by atoms with Crippen LogP contribution in [0.15, 0.2) is 48.5 Å². The molecule has 3 nitrogen and oxygen atoms in total. The molecule has 2 aromatic carbocycles. The van der Waals surface area contributed by atoms with Crippen LogP contribution in [0.5, 0.6) is 5.75 Å². The van der Waals surface area contributed by atoms with E-state index in [0.717, 1.165) is 5.56 Å². The first-order valence-corrected chi connectivity index (χ1v) is 7.40. The summed E-state index contributed by atoms with van der Waals surface area (Å²) in [6.07, 6.45) is 4.11. The van der Waals surface area contributed by atoms with Crippen LogP contribution < -0.4 is 4.74 Å². The molecule has 0 saturated heterocycles. The molecule has 0 radical (unpaired) electrons. The fraction of sp³-hybridized carbons (Fsp3) is 0.211. The van der Waals surface area contributed by atoms with Crippen LogP contribution in [0.4, 0.5) is 4.39 Å². The Morgan fingerprint density at radius 1 is 1.22 bits per heavy atom. The standard InChI is InChI=1S/C19H19FO3/c1-3-23-19(21)16-11-12-18(22-2)15(13-16)9-6-8-14-7-4-5-10-17(14)20/h4-7,9-13H,3,8H2,1-2H3/b9-6+. The van der Waals surface area contributed by atoms with Gasteiger partial charge in [-0.15, -0.1) is 0 Å². The number of benzene rings is 2. The van der Waals surface area contributed by atoms with Crippen molar-refractivity contribution in [3.8, 4) is 5.75 Å². The topological polar surface area (TPSA) is 35.5 Å². The number of hydrogen-bond donors (Lipinski definition) is 0. The Kier molecular flexibility index (Phi) is 5.92. The monoisotopic (exact) mass is 314 g/mol. The molecule has 0 heterocycles. The second-order valence-electron chi connectivity index (χ2n) is 4.88. The molecule has 4 heteroatoms. The quantitative estimate of drug-likeness (QED) is 0.747. The van der Waals surface area contributed by atoms with Crippen molar-refractivity contribution in [2.75, 3.05) is 13.7 Å². The molecule has 0 N–H and O–H groups in total. The minimum absolute atomic E-state index is 0.232. The minimum atomic E-state index is -0.376. The Morgan fingerprint density at radius 3 is 2.70 bits per heavy atom. The summed E-state index contributed by atoms with van der Waals surface area (Å²) < 4.78 is 23.9. The van der Waals surface area contributed by atoms with E-state index in [0.29, 0.717) is 29.9 Å². The smallest absolute Gasteiger partial charge is 0.338 e. The van der Waals surface area contributed by atoms with Crippen molar-refractivity contribution in [3.05, 3.63) is 71.0 Å². The lowest BCUT2D eigenvalue weighted by molar-refractivity contribution is 0.0526. The normalized spacial score (nSPS) is 10.7. The summed E-state index contributed by atoms with van der Waals surface area (Å²) in [7, 11) is 1.56. The summed E-state index contributed by atoms with van der Waals surface area (Å²) in [6.45, 7) is 2.08. The van der Waals surface area contributed by atoms with Crippen molar-refractivity contribution in [2.45, 2.75) is 13.3 Å². The molecule has 2 aromatic rings. The van der Waals surface area contributed by atoms with E-state index in [1.807, 2.05) is 12.2 Å². The Hall–Kier alpha value is -2.62. The SMILES string of the molecule is CCOC(=O)c1ccc(OC)c(/C=C/Cc2ccccc2F)c1. The molecule has 0 amide bonds. The van der Waals surface area contributed by atoms with E-state index in [4.69, 9.17) is 9.47 Å².